The zero-order valence-corrected chi connectivity index (χ0v) is 10.8. The zero-order valence-electron chi connectivity index (χ0n) is 9.99. The van der Waals surface area contributed by atoms with Crippen LogP contribution in [0.2, 0.25) is 0 Å². The summed E-state index contributed by atoms with van der Waals surface area (Å²) in [7, 11) is -2.80. The fraction of sp³-hybridized carbons (Fsp3) is 1.00. The summed E-state index contributed by atoms with van der Waals surface area (Å²) in [6.45, 7) is 6.84. The summed E-state index contributed by atoms with van der Waals surface area (Å²) in [4.78, 5) is 0. The Hall–Kier alpha value is -0.0900. The number of sulfone groups is 1. The van der Waals surface area contributed by atoms with Gasteiger partial charge in [0, 0.05) is 18.3 Å². The van der Waals surface area contributed by atoms with Crippen LogP contribution in [0.5, 0.6) is 0 Å². The average molecular weight is 233 g/mol. The van der Waals surface area contributed by atoms with Gasteiger partial charge >= 0.3 is 0 Å². The second kappa shape index (κ2) is 5.30. The van der Waals surface area contributed by atoms with E-state index in [-0.39, 0.29) is 11.5 Å². The van der Waals surface area contributed by atoms with Gasteiger partial charge in [0.2, 0.25) is 0 Å². The monoisotopic (exact) mass is 233 g/mol. The molecular formula is C11H23NO2S. The highest BCUT2D eigenvalue weighted by Crippen LogP contribution is 2.30. The lowest BCUT2D eigenvalue weighted by molar-refractivity contribution is 0.376. The lowest BCUT2D eigenvalue weighted by Crippen LogP contribution is -2.36. The van der Waals surface area contributed by atoms with Gasteiger partial charge < -0.3 is 5.32 Å². The average Bonchev–Trinajstić information content (AvgIpc) is 2.49. The van der Waals surface area contributed by atoms with Gasteiger partial charge in [0.1, 0.15) is 0 Å². The van der Waals surface area contributed by atoms with Crippen LogP contribution in [-0.2, 0) is 9.84 Å². The minimum absolute atomic E-state index is 0.255. The van der Waals surface area contributed by atoms with Crippen molar-refractivity contribution in [1.82, 2.24) is 5.32 Å². The van der Waals surface area contributed by atoms with Crippen LogP contribution in [0.4, 0.5) is 0 Å². The first-order chi connectivity index (χ1) is 6.96. The second-order valence-corrected chi connectivity index (χ2v) is 7.18. The van der Waals surface area contributed by atoms with Crippen molar-refractivity contribution < 1.29 is 8.42 Å². The van der Waals surface area contributed by atoms with Gasteiger partial charge in [0.15, 0.2) is 9.84 Å². The Bertz CT molecular complexity index is 287. The Morgan fingerprint density at radius 2 is 1.93 bits per heavy atom. The molecule has 0 aromatic heterocycles. The van der Waals surface area contributed by atoms with E-state index in [4.69, 9.17) is 0 Å². The molecule has 0 bridgehead atoms. The molecule has 3 nitrogen and oxygen atoms in total. The van der Waals surface area contributed by atoms with E-state index < -0.39 is 9.84 Å². The quantitative estimate of drug-likeness (QED) is 0.781. The minimum atomic E-state index is -2.80. The summed E-state index contributed by atoms with van der Waals surface area (Å²) >= 11 is 0. The van der Waals surface area contributed by atoms with E-state index in [9.17, 15) is 8.42 Å². The van der Waals surface area contributed by atoms with Gasteiger partial charge in [-0.25, -0.2) is 8.42 Å². The molecule has 1 N–H and O–H groups in total. The van der Waals surface area contributed by atoms with E-state index in [1.165, 1.54) is 12.8 Å². The first-order valence-corrected chi connectivity index (χ1v) is 7.72. The minimum Gasteiger partial charge on any atom is -0.313 e. The zero-order chi connectivity index (χ0) is 11.5. The predicted molar refractivity (Wildman–Crippen MR) is 63.7 cm³/mol. The van der Waals surface area contributed by atoms with E-state index >= 15 is 0 Å². The standard InChI is InChI=1S/C11H23NO2S/c1-4-15(13,14)8-7-12-11-6-5-9(2)10(11)3/h9-12H,4-8H2,1-3H3. The molecule has 1 saturated carbocycles. The Labute approximate surface area is 93.6 Å². The highest BCUT2D eigenvalue weighted by atomic mass is 32.2. The predicted octanol–water partition coefficient (Wildman–Crippen LogP) is 1.45. The smallest absolute Gasteiger partial charge is 0.151 e. The molecule has 1 aliphatic rings. The molecule has 0 heterocycles. The highest BCUT2D eigenvalue weighted by molar-refractivity contribution is 7.91. The van der Waals surface area contributed by atoms with Crippen LogP contribution < -0.4 is 5.32 Å². The maximum absolute atomic E-state index is 11.3. The van der Waals surface area contributed by atoms with E-state index in [1.807, 2.05) is 0 Å². The van der Waals surface area contributed by atoms with Crippen molar-refractivity contribution in [3.63, 3.8) is 0 Å². The van der Waals surface area contributed by atoms with Crippen LogP contribution in [0.25, 0.3) is 0 Å². The van der Waals surface area contributed by atoms with Crippen molar-refractivity contribution in [1.29, 1.82) is 0 Å². The van der Waals surface area contributed by atoms with Crippen molar-refractivity contribution in [2.75, 3.05) is 18.1 Å². The number of hydrogen-bond donors (Lipinski definition) is 1. The molecular weight excluding hydrogens is 210 g/mol. The number of nitrogens with one attached hydrogen (secondary N) is 1. The van der Waals surface area contributed by atoms with Crippen LogP contribution in [0.3, 0.4) is 0 Å². The van der Waals surface area contributed by atoms with Gasteiger partial charge in [-0.1, -0.05) is 20.8 Å². The normalized spacial score (nSPS) is 32.1. The molecule has 90 valence electrons. The summed E-state index contributed by atoms with van der Waals surface area (Å²) in [5.74, 6) is 1.98. The molecule has 1 fully saturated rings. The second-order valence-electron chi connectivity index (χ2n) is 4.71. The lowest BCUT2D eigenvalue weighted by atomic mass is 9.98. The summed E-state index contributed by atoms with van der Waals surface area (Å²) in [5.41, 5.74) is 0. The molecule has 4 heteroatoms. The third-order valence-corrected chi connectivity index (χ3v) is 5.43. The van der Waals surface area contributed by atoms with Crippen molar-refractivity contribution in [3.8, 4) is 0 Å². The van der Waals surface area contributed by atoms with Crippen LogP contribution >= 0.6 is 0 Å². The number of hydrogen-bond acceptors (Lipinski definition) is 3. The SMILES string of the molecule is CCS(=O)(=O)CCNC1CCC(C)C1C. The van der Waals surface area contributed by atoms with Crippen molar-refractivity contribution in [3.05, 3.63) is 0 Å². The Morgan fingerprint density at radius 1 is 1.27 bits per heavy atom. The van der Waals surface area contributed by atoms with Gasteiger partial charge in [0.05, 0.1) is 5.75 Å². The van der Waals surface area contributed by atoms with Crippen LogP contribution in [0, 0.1) is 11.8 Å². The van der Waals surface area contributed by atoms with Crippen LogP contribution in [0.1, 0.15) is 33.6 Å². The largest absolute Gasteiger partial charge is 0.313 e. The molecule has 0 spiro atoms. The molecule has 3 atom stereocenters. The molecule has 0 radical (unpaired) electrons. The summed E-state index contributed by atoms with van der Waals surface area (Å²) < 4.78 is 22.6. The Balaban J connectivity index is 2.27. The molecule has 15 heavy (non-hydrogen) atoms. The molecule has 1 rings (SSSR count). The van der Waals surface area contributed by atoms with Crippen molar-refractivity contribution in [2.45, 2.75) is 39.7 Å². The van der Waals surface area contributed by atoms with Gasteiger partial charge in [-0.2, -0.15) is 0 Å². The van der Waals surface area contributed by atoms with E-state index in [1.54, 1.807) is 6.92 Å². The maximum atomic E-state index is 11.3. The summed E-state index contributed by atoms with van der Waals surface area (Å²) in [5, 5.41) is 3.37. The van der Waals surface area contributed by atoms with Gasteiger partial charge in [-0.15, -0.1) is 0 Å². The van der Waals surface area contributed by atoms with Crippen molar-refractivity contribution in [2.24, 2.45) is 11.8 Å². The van der Waals surface area contributed by atoms with E-state index in [2.05, 4.69) is 19.2 Å². The molecule has 0 aliphatic heterocycles. The third kappa shape index (κ3) is 3.76. The molecule has 0 saturated heterocycles. The highest BCUT2D eigenvalue weighted by Gasteiger charge is 2.29. The van der Waals surface area contributed by atoms with Crippen molar-refractivity contribution >= 4 is 9.84 Å². The first-order valence-electron chi connectivity index (χ1n) is 5.90. The molecule has 0 aromatic carbocycles. The molecule has 0 amide bonds. The van der Waals surface area contributed by atoms with E-state index in [0.717, 1.165) is 5.92 Å². The first kappa shape index (κ1) is 13.0. The summed E-state index contributed by atoms with van der Waals surface area (Å²) in [6.07, 6.45) is 2.45. The fourth-order valence-electron chi connectivity index (χ4n) is 2.20. The fourth-order valence-corrected chi connectivity index (χ4v) is 2.91. The summed E-state index contributed by atoms with van der Waals surface area (Å²) in [6, 6.07) is 0.520. The maximum Gasteiger partial charge on any atom is 0.151 e. The Morgan fingerprint density at radius 3 is 2.40 bits per heavy atom. The number of rotatable bonds is 5. The lowest BCUT2D eigenvalue weighted by Gasteiger charge is -2.19. The van der Waals surface area contributed by atoms with E-state index in [0.29, 0.717) is 18.5 Å². The van der Waals surface area contributed by atoms with Gasteiger partial charge in [-0.3, -0.25) is 0 Å². The van der Waals surface area contributed by atoms with Gasteiger partial charge in [-0.05, 0) is 24.7 Å². The van der Waals surface area contributed by atoms with Gasteiger partial charge in [0.25, 0.3) is 0 Å². The van der Waals surface area contributed by atoms with Crippen LogP contribution in [-0.4, -0.2) is 32.5 Å². The third-order valence-electron chi connectivity index (χ3n) is 3.72. The Kier molecular flexibility index (Phi) is 4.59. The topological polar surface area (TPSA) is 46.2 Å². The molecule has 1 aliphatic carbocycles. The van der Waals surface area contributed by atoms with Crippen LogP contribution in [0.15, 0.2) is 0 Å². The molecule has 3 unspecified atom stereocenters. The molecule has 0 aromatic rings.